The van der Waals surface area contributed by atoms with Crippen LogP contribution in [-0.2, 0) is 9.53 Å². The van der Waals surface area contributed by atoms with E-state index in [2.05, 4.69) is 4.98 Å². The molecule has 0 aliphatic carbocycles. The maximum Gasteiger partial charge on any atom is 0.332 e. The fraction of sp³-hybridized carbons (Fsp3) is 0.385. The summed E-state index contributed by atoms with van der Waals surface area (Å²) in [5.74, 6) is -0.108. The molecule has 2 atom stereocenters. The van der Waals surface area contributed by atoms with Gasteiger partial charge in [-0.1, -0.05) is 0 Å². The lowest BCUT2D eigenvalue weighted by molar-refractivity contribution is -0.149. The predicted molar refractivity (Wildman–Crippen MR) is 70.7 cm³/mol. The summed E-state index contributed by atoms with van der Waals surface area (Å²) in [6.07, 6.45) is 0.337. The highest BCUT2D eigenvalue weighted by atomic mass is 32.1. The van der Waals surface area contributed by atoms with E-state index in [4.69, 9.17) is 14.6 Å². The lowest BCUT2D eigenvalue weighted by Crippen LogP contribution is -2.18. The van der Waals surface area contributed by atoms with Gasteiger partial charge in [0.25, 0.3) is 0 Å². The number of carbonyl (C=O) groups is 1. The average Bonchev–Trinajstić information content (AvgIpc) is 3.04. The van der Waals surface area contributed by atoms with Crippen molar-refractivity contribution in [2.24, 2.45) is 0 Å². The molecule has 2 heterocycles. The summed E-state index contributed by atoms with van der Waals surface area (Å²) in [6.45, 7) is 0. The first-order chi connectivity index (χ1) is 9.17. The minimum Gasteiger partial charge on any atom is -0.497 e. The summed E-state index contributed by atoms with van der Waals surface area (Å²) in [5.41, 5.74) is 0.892. The average molecular weight is 279 g/mol. The number of carboxylic acids is 1. The molecule has 0 radical (unpaired) electrons. The third-order valence-corrected chi connectivity index (χ3v) is 4.29. The van der Waals surface area contributed by atoms with Crippen molar-refractivity contribution in [2.45, 2.75) is 25.0 Å². The maximum atomic E-state index is 10.9. The Balaban J connectivity index is 1.88. The van der Waals surface area contributed by atoms with Crippen molar-refractivity contribution in [1.82, 2.24) is 4.98 Å². The molecular weight excluding hydrogens is 266 g/mol. The molecule has 0 amide bonds. The van der Waals surface area contributed by atoms with Gasteiger partial charge < -0.3 is 14.6 Å². The largest absolute Gasteiger partial charge is 0.497 e. The van der Waals surface area contributed by atoms with Crippen LogP contribution in [0.15, 0.2) is 18.2 Å². The molecule has 1 N–H and O–H groups in total. The quantitative estimate of drug-likeness (QED) is 0.935. The highest BCUT2D eigenvalue weighted by Crippen LogP contribution is 2.37. The summed E-state index contributed by atoms with van der Waals surface area (Å²) in [6, 6.07) is 5.69. The molecule has 1 fully saturated rings. The van der Waals surface area contributed by atoms with Gasteiger partial charge in [-0.3, -0.25) is 0 Å². The number of hydrogen-bond acceptors (Lipinski definition) is 5. The van der Waals surface area contributed by atoms with E-state index in [1.54, 1.807) is 7.11 Å². The number of methoxy groups -OCH3 is 1. The van der Waals surface area contributed by atoms with E-state index in [1.165, 1.54) is 11.3 Å². The Hall–Kier alpha value is -1.66. The van der Waals surface area contributed by atoms with Crippen LogP contribution >= 0.6 is 11.3 Å². The second kappa shape index (κ2) is 4.79. The first kappa shape index (κ1) is 12.4. The summed E-state index contributed by atoms with van der Waals surface area (Å²) in [4.78, 5) is 15.4. The number of rotatable bonds is 3. The zero-order chi connectivity index (χ0) is 13.4. The van der Waals surface area contributed by atoms with Crippen molar-refractivity contribution in [3.63, 3.8) is 0 Å². The van der Waals surface area contributed by atoms with Gasteiger partial charge in [-0.05, 0) is 31.0 Å². The van der Waals surface area contributed by atoms with Crippen LogP contribution < -0.4 is 4.74 Å². The van der Waals surface area contributed by atoms with Crippen molar-refractivity contribution in [2.75, 3.05) is 7.11 Å². The Labute approximate surface area is 113 Å². The molecular formula is C13H13NO4S. The fourth-order valence-electron chi connectivity index (χ4n) is 2.19. The van der Waals surface area contributed by atoms with Crippen LogP contribution in [0.4, 0.5) is 0 Å². The maximum absolute atomic E-state index is 10.9. The molecule has 2 unspecified atom stereocenters. The Morgan fingerprint density at radius 2 is 2.37 bits per heavy atom. The summed E-state index contributed by atoms with van der Waals surface area (Å²) in [5, 5.41) is 9.77. The lowest BCUT2D eigenvalue weighted by atomic mass is 10.2. The third-order valence-electron chi connectivity index (χ3n) is 3.18. The van der Waals surface area contributed by atoms with E-state index in [1.807, 2.05) is 18.2 Å². The monoisotopic (exact) mass is 279 g/mol. The van der Waals surface area contributed by atoms with Gasteiger partial charge in [0.2, 0.25) is 0 Å². The summed E-state index contributed by atoms with van der Waals surface area (Å²) >= 11 is 1.53. The first-order valence-electron chi connectivity index (χ1n) is 6.00. The number of fused-ring (bicyclic) bond motifs is 1. The Morgan fingerprint density at radius 1 is 1.53 bits per heavy atom. The van der Waals surface area contributed by atoms with Gasteiger partial charge >= 0.3 is 5.97 Å². The van der Waals surface area contributed by atoms with Gasteiger partial charge in [0.05, 0.1) is 17.3 Å². The smallest absolute Gasteiger partial charge is 0.332 e. The standard InChI is InChI=1S/C13H13NO4S/c1-17-7-2-3-8-11(6-7)19-12(14-8)9-4-5-10(18-9)13(15)16/h2-3,6,9-10H,4-5H2,1H3,(H,15,16). The van der Waals surface area contributed by atoms with Gasteiger partial charge in [-0.15, -0.1) is 11.3 Å². The van der Waals surface area contributed by atoms with E-state index in [-0.39, 0.29) is 6.10 Å². The Kier molecular flexibility index (Phi) is 3.12. The zero-order valence-electron chi connectivity index (χ0n) is 10.3. The Bertz CT molecular complexity index is 624. The highest BCUT2D eigenvalue weighted by molar-refractivity contribution is 7.18. The molecule has 3 rings (SSSR count). The van der Waals surface area contributed by atoms with Crippen LogP contribution in [0.2, 0.25) is 0 Å². The molecule has 1 aromatic carbocycles. The van der Waals surface area contributed by atoms with Crippen molar-refractivity contribution >= 4 is 27.5 Å². The molecule has 1 aromatic heterocycles. The summed E-state index contributed by atoms with van der Waals surface area (Å²) in [7, 11) is 1.63. The normalized spacial score (nSPS) is 22.8. The molecule has 0 spiro atoms. The van der Waals surface area contributed by atoms with Gasteiger partial charge in [-0.25, -0.2) is 9.78 Å². The first-order valence-corrected chi connectivity index (χ1v) is 6.82. The SMILES string of the molecule is COc1ccc2nc(C3CCC(C(=O)O)O3)sc2c1. The topological polar surface area (TPSA) is 68.7 Å². The van der Waals surface area contributed by atoms with E-state index in [9.17, 15) is 4.79 Å². The molecule has 1 aliphatic heterocycles. The molecule has 0 saturated carbocycles. The van der Waals surface area contributed by atoms with Crippen molar-refractivity contribution in [1.29, 1.82) is 0 Å². The van der Waals surface area contributed by atoms with Gasteiger partial charge in [0.1, 0.15) is 16.9 Å². The number of benzene rings is 1. The second-order valence-corrected chi connectivity index (χ2v) is 5.48. The number of hydrogen-bond donors (Lipinski definition) is 1. The third kappa shape index (κ3) is 2.29. The minimum absolute atomic E-state index is 0.204. The van der Waals surface area contributed by atoms with Crippen LogP contribution in [0.25, 0.3) is 10.2 Å². The molecule has 100 valence electrons. The van der Waals surface area contributed by atoms with Crippen molar-refractivity contribution in [3.8, 4) is 5.75 Å². The van der Waals surface area contributed by atoms with Gasteiger partial charge in [0, 0.05) is 0 Å². The lowest BCUT2D eigenvalue weighted by Gasteiger charge is -2.07. The molecule has 19 heavy (non-hydrogen) atoms. The van der Waals surface area contributed by atoms with E-state index in [0.717, 1.165) is 21.0 Å². The van der Waals surface area contributed by atoms with Crippen molar-refractivity contribution in [3.05, 3.63) is 23.2 Å². The number of aliphatic carboxylic acids is 1. The second-order valence-electron chi connectivity index (χ2n) is 4.41. The van der Waals surface area contributed by atoms with Crippen LogP contribution in [0.1, 0.15) is 24.0 Å². The molecule has 0 bridgehead atoms. The van der Waals surface area contributed by atoms with Crippen molar-refractivity contribution < 1.29 is 19.4 Å². The summed E-state index contributed by atoms with van der Waals surface area (Å²) < 4.78 is 11.7. The van der Waals surface area contributed by atoms with Crippen LogP contribution in [0.3, 0.4) is 0 Å². The number of thiazole rings is 1. The van der Waals surface area contributed by atoms with E-state index in [0.29, 0.717) is 12.8 Å². The van der Waals surface area contributed by atoms with Gasteiger partial charge in [-0.2, -0.15) is 0 Å². The highest BCUT2D eigenvalue weighted by Gasteiger charge is 2.33. The van der Waals surface area contributed by atoms with E-state index >= 15 is 0 Å². The molecule has 5 nitrogen and oxygen atoms in total. The number of aromatic nitrogens is 1. The zero-order valence-corrected chi connectivity index (χ0v) is 11.1. The molecule has 2 aromatic rings. The number of nitrogens with zero attached hydrogens (tertiary/aromatic N) is 1. The minimum atomic E-state index is -0.898. The molecule has 1 saturated heterocycles. The molecule has 6 heteroatoms. The van der Waals surface area contributed by atoms with Gasteiger partial charge in [0.15, 0.2) is 6.10 Å². The Morgan fingerprint density at radius 3 is 3.05 bits per heavy atom. The van der Waals surface area contributed by atoms with Crippen LogP contribution in [0, 0.1) is 0 Å². The van der Waals surface area contributed by atoms with Crippen LogP contribution in [0.5, 0.6) is 5.75 Å². The van der Waals surface area contributed by atoms with E-state index < -0.39 is 12.1 Å². The molecule has 1 aliphatic rings. The fourth-order valence-corrected chi connectivity index (χ4v) is 3.26. The number of carboxylic acid groups (broad SMARTS) is 1. The predicted octanol–water partition coefficient (Wildman–Crippen LogP) is 2.61. The van der Waals surface area contributed by atoms with Crippen LogP contribution in [-0.4, -0.2) is 29.3 Å². The number of ether oxygens (including phenoxy) is 2.